The number of nitrogens with zero attached hydrogens (tertiary/aromatic N) is 6. The van der Waals surface area contributed by atoms with Crippen molar-refractivity contribution >= 4 is 17.5 Å². The van der Waals surface area contributed by atoms with Crippen LogP contribution >= 0.6 is 0 Å². The molecule has 164 valence electrons. The van der Waals surface area contributed by atoms with Gasteiger partial charge in [-0.3, -0.25) is 4.90 Å². The second kappa shape index (κ2) is 9.55. The van der Waals surface area contributed by atoms with Crippen molar-refractivity contribution < 1.29 is 9.53 Å². The minimum atomic E-state index is -0.493. The quantitative estimate of drug-likeness (QED) is 0.462. The zero-order chi connectivity index (χ0) is 21.7. The molecule has 1 aromatic rings. The van der Waals surface area contributed by atoms with Crippen molar-refractivity contribution in [2.24, 2.45) is 5.11 Å². The summed E-state index contributed by atoms with van der Waals surface area (Å²) in [5.41, 5.74) is 12.6. The smallest absolute Gasteiger partial charge is 0.410 e. The third-order valence-electron chi connectivity index (χ3n) is 5.51. The Kier molecular flexibility index (Phi) is 7.07. The normalized spacial score (nSPS) is 18.1. The van der Waals surface area contributed by atoms with Gasteiger partial charge in [-0.2, -0.15) is 0 Å². The number of azide groups is 1. The maximum Gasteiger partial charge on any atom is 0.410 e. The molecule has 9 nitrogen and oxygen atoms in total. The van der Waals surface area contributed by atoms with Gasteiger partial charge in [0.05, 0.1) is 0 Å². The molecule has 0 aliphatic carbocycles. The van der Waals surface area contributed by atoms with Crippen LogP contribution in [0.3, 0.4) is 0 Å². The summed E-state index contributed by atoms with van der Waals surface area (Å²) >= 11 is 0. The van der Waals surface area contributed by atoms with Gasteiger partial charge in [0.25, 0.3) is 0 Å². The van der Waals surface area contributed by atoms with Crippen molar-refractivity contribution in [1.29, 1.82) is 0 Å². The molecule has 0 unspecified atom stereocenters. The predicted molar refractivity (Wildman–Crippen MR) is 118 cm³/mol. The third kappa shape index (κ3) is 5.78. The van der Waals surface area contributed by atoms with Crippen LogP contribution in [-0.2, 0) is 11.3 Å². The number of carbonyl (C=O) groups excluding carboxylic acids is 1. The van der Waals surface area contributed by atoms with Gasteiger partial charge in [0.1, 0.15) is 5.60 Å². The summed E-state index contributed by atoms with van der Waals surface area (Å²) in [6.45, 7) is 15.3. The van der Waals surface area contributed by atoms with Crippen molar-refractivity contribution in [1.82, 2.24) is 15.1 Å². The largest absolute Gasteiger partial charge is 0.444 e. The summed E-state index contributed by atoms with van der Waals surface area (Å²) in [4.78, 5) is 21.8. The molecule has 0 radical (unpaired) electrons. The van der Waals surface area contributed by atoms with E-state index in [1.165, 1.54) is 11.1 Å². The Labute approximate surface area is 178 Å². The minimum absolute atomic E-state index is 0.263. The molecule has 1 N–H and O–H groups in total. The molecule has 1 aromatic carbocycles. The van der Waals surface area contributed by atoms with E-state index < -0.39 is 5.60 Å². The molecule has 9 heteroatoms. The lowest BCUT2D eigenvalue weighted by Gasteiger charge is -2.38. The van der Waals surface area contributed by atoms with E-state index in [0.29, 0.717) is 31.9 Å². The first-order valence-corrected chi connectivity index (χ1v) is 10.6. The fourth-order valence-electron chi connectivity index (χ4n) is 3.91. The molecular formula is C21H33N7O2. The number of nitrogens with one attached hydrogen (secondary N) is 1. The predicted octanol–water partition coefficient (Wildman–Crippen LogP) is 3.40. The molecule has 0 saturated carbocycles. The number of anilines is 1. The van der Waals surface area contributed by atoms with E-state index in [1.54, 1.807) is 4.90 Å². The zero-order valence-electron chi connectivity index (χ0n) is 18.5. The molecule has 2 saturated heterocycles. The Bertz CT molecular complexity index is 800. The number of hydrogen-bond donors (Lipinski definition) is 1. The first-order valence-electron chi connectivity index (χ1n) is 10.6. The van der Waals surface area contributed by atoms with Crippen molar-refractivity contribution in [3.63, 3.8) is 0 Å². The highest BCUT2D eigenvalue weighted by Gasteiger charge is 2.27. The van der Waals surface area contributed by atoms with Crippen LogP contribution in [0.1, 0.15) is 31.9 Å². The number of amides is 1. The monoisotopic (exact) mass is 415 g/mol. The van der Waals surface area contributed by atoms with Gasteiger partial charge in [-0.15, -0.1) is 0 Å². The van der Waals surface area contributed by atoms with Crippen LogP contribution in [0, 0.1) is 6.92 Å². The number of ether oxygens (including phenoxy) is 1. The lowest BCUT2D eigenvalue weighted by atomic mass is 10.0. The van der Waals surface area contributed by atoms with Crippen LogP contribution < -0.4 is 10.2 Å². The zero-order valence-corrected chi connectivity index (χ0v) is 18.5. The summed E-state index contributed by atoms with van der Waals surface area (Å²) in [6, 6.07) is 3.96. The van der Waals surface area contributed by atoms with Gasteiger partial charge in [0.15, 0.2) is 0 Å². The molecule has 2 heterocycles. The second-order valence-corrected chi connectivity index (χ2v) is 8.92. The molecule has 2 aliphatic heterocycles. The number of carbonyl (C=O) groups is 1. The van der Waals surface area contributed by atoms with E-state index in [9.17, 15) is 4.79 Å². The van der Waals surface area contributed by atoms with Crippen LogP contribution in [0.4, 0.5) is 16.2 Å². The summed E-state index contributed by atoms with van der Waals surface area (Å²) in [7, 11) is 0. The summed E-state index contributed by atoms with van der Waals surface area (Å²) in [6.07, 6.45) is -0.263. The molecule has 0 atom stereocenters. The Morgan fingerprint density at radius 3 is 2.43 bits per heavy atom. The van der Waals surface area contributed by atoms with Gasteiger partial charge >= 0.3 is 6.09 Å². The van der Waals surface area contributed by atoms with Crippen molar-refractivity contribution in [3.05, 3.63) is 33.7 Å². The second-order valence-electron chi connectivity index (χ2n) is 8.92. The maximum absolute atomic E-state index is 12.4. The fourth-order valence-corrected chi connectivity index (χ4v) is 3.91. The SMILES string of the molecule is Cc1c(CN2CCNCC2)cc(N=[N+]=[N-])cc1N1CCN(C(=O)OC(C)(C)C)CC1. The van der Waals surface area contributed by atoms with Crippen LogP contribution in [0.5, 0.6) is 0 Å². The van der Waals surface area contributed by atoms with E-state index in [1.807, 2.05) is 32.9 Å². The van der Waals surface area contributed by atoms with Crippen molar-refractivity contribution in [3.8, 4) is 0 Å². The van der Waals surface area contributed by atoms with Gasteiger partial charge in [-0.05, 0) is 56.5 Å². The number of benzene rings is 1. The van der Waals surface area contributed by atoms with Crippen LogP contribution in [-0.4, -0.2) is 73.9 Å². The molecule has 0 aromatic heterocycles. The molecule has 2 fully saturated rings. The lowest BCUT2D eigenvalue weighted by molar-refractivity contribution is 0.0240. The van der Waals surface area contributed by atoms with Crippen LogP contribution in [0.25, 0.3) is 10.4 Å². The van der Waals surface area contributed by atoms with Crippen molar-refractivity contribution in [2.75, 3.05) is 57.3 Å². The molecule has 0 bridgehead atoms. The van der Waals surface area contributed by atoms with Gasteiger partial charge < -0.3 is 19.9 Å². The highest BCUT2D eigenvalue weighted by Crippen LogP contribution is 2.31. The highest BCUT2D eigenvalue weighted by atomic mass is 16.6. The molecule has 3 rings (SSSR count). The average Bonchev–Trinajstić information content (AvgIpc) is 2.70. The average molecular weight is 416 g/mol. The van der Waals surface area contributed by atoms with E-state index in [2.05, 4.69) is 32.1 Å². The van der Waals surface area contributed by atoms with E-state index in [0.717, 1.165) is 38.4 Å². The lowest BCUT2D eigenvalue weighted by Crippen LogP contribution is -2.50. The van der Waals surface area contributed by atoms with Gasteiger partial charge in [-0.1, -0.05) is 5.11 Å². The van der Waals surface area contributed by atoms with E-state index in [-0.39, 0.29) is 6.09 Å². The number of piperazine rings is 2. The van der Waals surface area contributed by atoms with Gasteiger partial charge in [0.2, 0.25) is 0 Å². The molecule has 1 amide bonds. The van der Waals surface area contributed by atoms with Gasteiger partial charge in [0, 0.05) is 75.2 Å². The Morgan fingerprint density at radius 2 is 1.83 bits per heavy atom. The van der Waals surface area contributed by atoms with E-state index >= 15 is 0 Å². The minimum Gasteiger partial charge on any atom is -0.444 e. The summed E-state index contributed by atoms with van der Waals surface area (Å²) in [5, 5.41) is 7.26. The van der Waals surface area contributed by atoms with Gasteiger partial charge in [-0.25, -0.2) is 4.79 Å². The topological polar surface area (TPSA) is 96.8 Å². The maximum atomic E-state index is 12.4. The molecule has 0 spiro atoms. The third-order valence-corrected chi connectivity index (χ3v) is 5.51. The van der Waals surface area contributed by atoms with Crippen LogP contribution in [0.15, 0.2) is 17.2 Å². The van der Waals surface area contributed by atoms with Crippen LogP contribution in [0.2, 0.25) is 0 Å². The Morgan fingerprint density at radius 1 is 1.17 bits per heavy atom. The first-order chi connectivity index (χ1) is 14.3. The molecule has 2 aliphatic rings. The number of hydrogen-bond acceptors (Lipinski definition) is 6. The Hall–Kier alpha value is -2.48. The fraction of sp³-hybridized carbons (Fsp3) is 0.667. The molecule has 30 heavy (non-hydrogen) atoms. The summed E-state index contributed by atoms with van der Waals surface area (Å²) < 4.78 is 5.50. The Balaban J connectivity index is 1.75. The highest BCUT2D eigenvalue weighted by molar-refractivity contribution is 5.69. The van der Waals surface area contributed by atoms with E-state index in [4.69, 9.17) is 10.3 Å². The molecular weight excluding hydrogens is 382 g/mol. The summed E-state index contributed by atoms with van der Waals surface area (Å²) in [5.74, 6) is 0. The first kappa shape index (κ1) is 22.2. The standard InChI is InChI=1S/C21H33N7O2/c1-16-17(15-26-7-5-23-6-8-26)13-18(24-25-22)14-19(16)27-9-11-28(12-10-27)20(29)30-21(2,3)4/h13-14,23H,5-12,15H2,1-4H3. The number of rotatable bonds is 4. The van der Waals surface area contributed by atoms with Crippen molar-refractivity contribution in [2.45, 2.75) is 39.8 Å².